The molecule has 0 fully saturated rings. The van der Waals surface area contributed by atoms with E-state index in [4.69, 9.17) is 0 Å². The van der Waals surface area contributed by atoms with E-state index >= 15 is 0 Å². The van der Waals surface area contributed by atoms with E-state index < -0.39 is 29.4 Å². The minimum Gasteiger partial charge on any atom is -0.326 e. The summed E-state index contributed by atoms with van der Waals surface area (Å²) < 4.78 is 51.5. The van der Waals surface area contributed by atoms with Crippen LogP contribution in [0.15, 0.2) is 53.6 Å². The molecule has 142 valence electrons. The van der Waals surface area contributed by atoms with Crippen molar-refractivity contribution < 1.29 is 27.2 Å². The molecule has 9 heteroatoms. The summed E-state index contributed by atoms with van der Waals surface area (Å²) in [6.07, 6.45) is -4.79. The lowest BCUT2D eigenvalue weighted by Gasteiger charge is -2.10. The minimum atomic E-state index is -4.52. The van der Waals surface area contributed by atoms with Crippen molar-refractivity contribution in [3.05, 3.63) is 65.5 Å². The highest BCUT2D eigenvalue weighted by atomic mass is 19.4. The molecule has 0 atom stereocenters. The van der Waals surface area contributed by atoms with Crippen LogP contribution in [0.5, 0.6) is 0 Å². The van der Waals surface area contributed by atoms with Crippen LogP contribution in [-0.4, -0.2) is 17.5 Å². The first-order valence-corrected chi connectivity index (χ1v) is 7.72. The average molecular weight is 381 g/mol. The van der Waals surface area contributed by atoms with Gasteiger partial charge in [0.15, 0.2) is 0 Å². The number of hydrogen-bond donors (Lipinski definition) is 2. The highest BCUT2D eigenvalue weighted by molar-refractivity contribution is 6.06. The Morgan fingerprint density at radius 1 is 1.07 bits per heavy atom. The van der Waals surface area contributed by atoms with E-state index in [9.17, 15) is 27.2 Å². The number of alkyl halides is 3. The summed E-state index contributed by atoms with van der Waals surface area (Å²) in [5.41, 5.74) is 1.19. The van der Waals surface area contributed by atoms with E-state index in [-0.39, 0.29) is 23.4 Å². The molecule has 0 saturated heterocycles. The van der Waals surface area contributed by atoms with Crippen LogP contribution in [0.1, 0.15) is 29.3 Å². The summed E-state index contributed by atoms with van der Waals surface area (Å²) in [6, 6.07) is 9.50. The fourth-order valence-corrected chi connectivity index (χ4v) is 2.10. The first kappa shape index (κ1) is 20.1. The maximum absolute atomic E-state index is 13.5. The number of halogens is 4. The number of nitrogens with zero attached hydrogens (tertiary/aromatic N) is 1. The Bertz CT molecular complexity index is 879. The first-order valence-electron chi connectivity index (χ1n) is 7.72. The van der Waals surface area contributed by atoms with Gasteiger partial charge in [-0.15, -0.1) is 0 Å². The van der Waals surface area contributed by atoms with Crippen LogP contribution in [0.2, 0.25) is 0 Å². The van der Waals surface area contributed by atoms with Gasteiger partial charge < -0.3 is 5.32 Å². The normalized spacial score (nSPS) is 11.8. The summed E-state index contributed by atoms with van der Waals surface area (Å²) >= 11 is 0. The summed E-state index contributed by atoms with van der Waals surface area (Å²) in [7, 11) is 0. The zero-order chi connectivity index (χ0) is 20.0. The van der Waals surface area contributed by atoms with Crippen molar-refractivity contribution in [2.75, 3.05) is 5.32 Å². The van der Waals surface area contributed by atoms with E-state index in [0.717, 1.165) is 18.2 Å². The molecule has 2 N–H and O–H groups in total. The van der Waals surface area contributed by atoms with Gasteiger partial charge in [0.25, 0.3) is 5.91 Å². The monoisotopic (exact) mass is 381 g/mol. The third kappa shape index (κ3) is 5.91. The standard InChI is InChI=1S/C18H15F4N3O2/c1-11(24-25-17(27)14-7-2-3-8-15(14)19)9-16(26)23-13-6-4-5-12(10-13)18(20,21)22/h2-8,10H,9H2,1H3,(H,23,26)(H,25,27)/b24-11+. The minimum absolute atomic E-state index is 0.0157. The van der Waals surface area contributed by atoms with Crippen LogP contribution >= 0.6 is 0 Å². The molecule has 2 aromatic carbocycles. The molecule has 0 aliphatic carbocycles. The van der Waals surface area contributed by atoms with Gasteiger partial charge in [-0.05, 0) is 37.3 Å². The predicted molar refractivity (Wildman–Crippen MR) is 91.7 cm³/mol. The highest BCUT2D eigenvalue weighted by Gasteiger charge is 2.30. The quantitative estimate of drug-likeness (QED) is 0.467. The molecular formula is C18H15F4N3O2. The summed E-state index contributed by atoms with van der Waals surface area (Å²) in [6.45, 7) is 1.44. The third-order valence-corrected chi connectivity index (χ3v) is 3.36. The molecule has 0 radical (unpaired) electrons. The predicted octanol–water partition coefficient (Wildman–Crippen LogP) is 3.98. The van der Waals surface area contributed by atoms with Crippen molar-refractivity contribution in [1.82, 2.24) is 5.43 Å². The first-order chi connectivity index (χ1) is 12.7. The Hall–Kier alpha value is -3.23. The maximum Gasteiger partial charge on any atom is 0.416 e. The van der Waals surface area contributed by atoms with Gasteiger partial charge >= 0.3 is 6.18 Å². The summed E-state index contributed by atoms with van der Waals surface area (Å²) in [4.78, 5) is 23.7. The van der Waals surface area contributed by atoms with Crippen molar-refractivity contribution in [2.45, 2.75) is 19.5 Å². The summed E-state index contributed by atoms with van der Waals surface area (Å²) in [5, 5.41) is 6.01. The zero-order valence-electron chi connectivity index (χ0n) is 14.1. The molecule has 0 spiro atoms. The number of hydrogen-bond acceptors (Lipinski definition) is 3. The topological polar surface area (TPSA) is 70.6 Å². The van der Waals surface area contributed by atoms with E-state index in [1.54, 1.807) is 0 Å². The van der Waals surface area contributed by atoms with Crippen LogP contribution in [0, 0.1) is 5.82 Å². The molecule has 0 bridgehead atoms. The summed E-state index contributed by atoms with van der Waals surface area (Å²) in [5.74, 6) is -2.12. The molecule has 0 heterocycles. The van der Waals surface area contributed by atoms with Gasteiger partial charge in [-0.1, -0.05) is 18.2 Å². The Labute approximate surface area is 152 Å². The molecule has 0 aromatic heterocycles. The second-order valence-electron chi connectivity index (χ2n) is 5.57. The molecule has 2 amide bonds. The fraction of sp³-hybridized carbons (Fsp3) is 0.167. The van der Waals surface area contributed by atoms with Crippen LogP contribution in [0.3, 0.4) is 0 Å². The number of anilines is 1. The smallest absolute Gasteiger partial charge is 0.326 e. The molecule has 5 nitrogen and oxygen atoms in total. The number of hydrazone groups is 1. The van der Waals surface area contributed by atoms with E-state index in [0.29, 0.717) is 0 Å². The fourth-order valence-electron chi connectivity index (χ4n) is 2.10. The molecule has 0 aliphatic heterocycles. The lowest BCUT2D eigenvalue weighted by Crippen LogP contribution is -2.22. The Morgan fingerprint density at radius 2 is 1.78 bits per heavy atom. The van der Waals surface area contributed by atoms with Crippen LogP contribution in [-0.2, 0) is 11.0 Å². The molecule has 0 aliphatic rings. The second kappa shape index (κ2) is 8.43. The molecule has 2 aromatic rings. The van der Waals surface area contributed by atoms with Crippen LogP contribution in [0.4, 0.5) is 23.2 Å². The van der Waals surface area contributed by atoms with Gasteiger partial charge in [0, 0.05) is 11.4 Å². The maximum atomic E-state index is 13.5. The lowest BCUT2D eigenvalue weighted by atomic mass is 10.2. The molecule has 0 unspecified atom stereocenters. The molecule has 2 rings (SSSR count). The van der Waals surface area contributed by atoms with Crippen LogP contribution < -0.4 is 10.7 Å². The number of benzene rings is 2. The van der Waals surface area contributed by atoms with Gasteiger partial charge in [0.2, 0.25) is 5.91 Å². The van der Waals surface area contributed by atoms with Crippen molar-refractivity contribution in [3.8, 4) is 0 Å². The van der Waals surface area contributed by atoms with Gasteiger partial charge in [-0.2, -0.15) is 18.3 Å². The van der Waals surface area contributed by atoms with Gasteiger partial charge in [-0.25, -0.2) is 9.82 Å². The number of carbonyl (C=O) groups is 2. The van der Waals surface area contributed by atoms with E-state index in [1.807, 2.05) is 0 Å². The van der Waals surface area contributed by atoms with Crippen molar-refractivity contribution >= 4 is 23.2 Å². The lowest BCUT2D eigenvalue weighted by molar-refractivity contribution is -0.137. The molecular weight excluding hydrogens is 366 g/mol. The number of carbonyl (C=O) groups excluding carboxylic acids is 2. The Morgan fingerprint density at radius 3 is 2.44 bits per heavy atom. The van der Waals surface area contributed by atoms with Crippen molar-refractivity contribution in [1.29, 1.82) is 0 Å². The zero-order valence-corrected chi connectivity index (χ0v) is 14.1. The van der Waals surface area contributed by atoms with Crippen molar-refractivity contribution in [2.24, 2.45) is 5.10 Å². The second-order valence-corrected chi connectivity index (χ2v) is 5.57. The Kier molecular flexibility index (Phi) is 6.27. The van der Waals surface area contributed by atoms with Crippen LogP contribution in [0.25, 0.3) is 0 Å². The largest absolute Gasteiger partial charge is 0.416 e. The number of rotatable bonds is 5. The van der Waals surface area contributed by atoms with Crippen molar-refractivity contribution in [3.63, 3.8) is 0 Å². The van der Waals surface area contributed by atoms with E-state index in [1.165, 1.54) is 37.3 Å². The number of nitrogens with one attached hydrogen (secondary N) is 2. The Balaban J connectivity index is 1.94. The average Bonchev–Trinajstić information content (AvgIpc) is 2.59. The SMILES string of the molecule is C/C(CC(=O)Nc1cccc(C(F)(F)F)c1)=N\NC(=O)c1ccccc1F. The molecule has 27 heavy (non-hydrogen) atoms. The van der Waals surface area contributed by atoms with E-state index in [2.05, 4.69) is 15.8 Å². The number of amides is 2. The van der Waals surface area contributed by atoms with Gasteiger partial charge in [0.05, 0.1) is 17.5 Å². The third-order valence-electron chi connectivity index (χ3n) is 3.36. The molecule has 0 saturated carbocycles. The van der Waals surface area contributed by atoms with Gasteiger partial charge in [0.1, 0.15) is 5.82 Å². The van der Waals surface area contributed by atoms with Gasteiger partial charge in [-0.3, -0.25) is 9.59 Å². The highest BCUT2D eigenvalue weighted by Crippen LogP contribution is 2.30.